The molecule has 4 heteroatoms. The van der Waals surface area contributed by atoms with Gasteiger partial charge in [-0.1, -0.05) is 10.3 Å². The monoisotopic (exact) mass is 141 g/mol. The summed E-state index contributed by atoms with van der Waals surface area (Å²) in [5, 5.41) is 8.71. The largest absolute Gasteiger partial charge is 0.372 e. The summed E-state index contributed by atoms with van der Waals surface area (Å²) in [4.78, 5) is 0. The molecule has 0 spiro atoms. The summed E-state index contributed by atoms with van der Waals surface area (Å²) in [7, 11) is 5.14. The maximum Gasteiger partial charge on any atom is 0.109 e. The molecule has 0 N–H and O–H groups in total. The van der Waals surface area contributed by atoms with Crippen molar-refractivity contribution >= 4 is 0 Å². The van der Waals surface area contributed by atoms with Crippen LogP contribution < -0.4 is 0 Å². The average Bonchev–Trinajstić information content (AvgIpc) is 1.87. The van der Waals surface area contributed by atoms with Gasteiger partial charge in [0.15, 0.2) is 0 Å². The Labute approximate surface area is 60.9 Å². The van der Waals surface area contributed by atoms with Gasteiger partial charge in [-0.25, -0.2) is 0 Å². The Hall–Kier alpha value is -1.08. The van der Waals surface area contributed by atoms with Crippen molar-refractivity contribution < 1.29 is 4.74 Å². The van der Waals surface area contributed by atoms with Gasteiger partial charge in [-0.05, 0) is 5.92 Å². The highest BCUT2D eigenvalue weighted by Crippen LogP contribution is 1.75. The van der Waals surface area contributed by atoms with Crippen molar-refractivity contribution in [3.05, 3.63) is 0 Å². The predicted molar refractivity (Wildman–Crippen MR) is 38.2 cm³/mol. The SMILES string of the molecule is COCC#CN=NN(C)C. The third-order valence-electron chi connectivity index (χ3n) is 0.569. The average molecular weight is 141 g/mol. The normalized spacial score (nSPS) is 9.10. The van der Waals surface area contributed by atoms with Gasteiger partial charge in [-0.3, -0.25) is 5.01 Å². The van der Waals surface area contributed by atoms with Crippen molar-refractivity contribution in [3.8, 4) is 12.0 Å². The predicted octanol–water partition coefficient (Wildman–Crippen LogP) is 0.522. The van der Waals surface area contributed by atoms with Gasteiger partial charge in [0, 0.05) is 21.2 Å². The van der Waals surface area contributed by atoms with E-state index in [9.17, 15) is 0 Å². The maximum absolute atomic E-state index is 4.66. The first kappa shape index (κ1) is 8.92. The maximum atomic E-state index is 4.66. The Balaban J connectivity index is 3.44. The number of methoxy groups -OCH3 is 1. The van der Waals surface area contributed by atoms with Crippen LogP contribution in [0.25, 0.3) is 0 Å². The summed E-state index contributed by atoms with van der Waals surface area (Å²) in [6.07, 6.45) is 0. The minimum absolute atomic E-state index is 0.395. The third kappa shape index (κ3) is 6.92. The highest BCUT2D eigenvalue weighted by atomic mass is 16.5. The molecular formula is C6H11N3O. The molecule has 0 aromatic carbocycles. The van der Waals surface area contributed by atoms with Crippen molar-refractivity contribution in [2.24, 2.45) is 10.3 Å². The van der Waals surface area contributed by atoms with Gasteiger partial charge >= 0.3 is 0 Å². The molecule has 0 unspecified atom stereocenters. The zero-order chi connectivity index (χ0) is 7.82. The first-order valence-corrected chi connectivity index (χ1v) is 2.82. The van der Waals surface area contributed by atoms with E-state index in [0.29, 0.717) is 6.61 Å². The molecule has 0 aromatic rings. The molecule has 10 heavy (non-hydrogen) atoms. The second kappa shape index (κ2) is 6.05. The van der Waals surface area contributed by atoms with E-state index in [1.165, 1.54) is 0 Å². The van der Waals surface area contributed by atoms with Gasteiger partial charge in [-0.2, -0.15) is 0 Å². The lowest BCUT2D eigenvalue weighted by atomic mass is 10.7. The molecule has 0 fully saturated rings. The summed E-state index contributed by atoms with van der Waals surface area (Å²) in [6, 6.07) is 2.46. The van der Waals surface area contributed by atoms with E-state index < -0.39 is 0 Å². The highest BCUT2D eigenvalue weighted by Gasteiger charge is 1.72. The van der Waals surface area contributed by atoms with Crippen LogP contribution in [-0.4, -0.2) is 32.8 Å². The van der Waals surface area contributed by atoms with E-state index in [1.807, 2.05) is 0 Å². The van der Waals surface area contributed by atoms with Gasteiger partial charge in [0.25, 0.3) is 0 Å². The zero-order valence-electron chi connectivity index (χ0n) is 6.46. The number of hydrogen-bond acceptors (Lipinski definition) is 3. The second-order valence-electron chi connectivity index (χ2n) is 1.76. The molecule has 0 aliphatic heterocycles. The number of nitrogens with zero attached hydrogens (tertiary/aromatic N) is 3. The minimum Gasteiger partial charge on any atom is -0.372 e. The van der Waals surface area contributed by atoms with Crippen LogP contribution in [0.1, 0.15) is 0 Å². The van der Waals surface area contributed by atoms with Crippen LogP contribution in [0.15, 0.2) is 10.3 Å². The molecule has 0 amide bonds. The van der Waals surface area contributed by atoms with Gasteiger partial charge in [0.05, 0.1) is 6.04 Å². The summed E-state index contributed by atoms with van der Waals surface area (Å²) in [5.74, 6) is 2.63. The summed E-state index contributed by atoms with van der Waals surface area (Å²) in [5.41, 5.74) is 0. The van der Waals surface area contributed by atoms with Crippen LogP contribution in [0.4, 0.5) is 0 Å². The van der Waals surface area contributed by atoms with Crippen molar-refractivity contribution in [1.82, 2.24) is 5.01 Å². The fourth-order valence-electron chi connectivity index (χ4n) is 0.252. The lowest BCUT2D eigenvalue weighted by Gasteiger charge is -1.96. The number of hydrogen-bond donors (Lipinski definition) is 0. The third-order valence-corrected chi connectivity index (χ3v) is 0.569. The Morgan fingerprint density at radius 1 is 1.50 bits per heavy atom. The molecule has 0 atom stereocenters. The number of rotatable bonds is 2. The minimum atomic E-state index is 0.395. The summed E-state index contributed by atoms with van der Waals surface area (Å²) in [6.45, 7) is 0.395. The van der Waals surface area contributed by atoms with Crippen LogP contribution >= 0.6 is 0 Å². The molecular weight excluding hydrogens is 130 g/mol. The topological polar surface area (TPSA) is 37.2 Å². The highest BCUT2D eigenvalue weighted by molar-refractivity contribution is 4.95. The molecule has 0 saturated carbocycles. The van der Waals surface area contributed by atoms with E-state index in [1.54, 1.807) is 26.2 Å². The van der Waals surface area contributed by atoms with Crippen molar-refractivity contribution in [2.45, 2.75) is 0 Å². The summed E-state index contributed by atoms with van der Waals surface area (Å²) < 4.78 is 4.66. The van der Waals surface area contributed by atoms with Crippen LogP contribution in [0.3, 0.4) is 0 Å². The van der Waals surface area contributed by atoms with Crippen molar-refractivity contribution in [1.29, 1.82) is 0 Å². The van der Waals surface area contributed by atoms with Crippen molar-refractivity contribution in [3.63, 3.8) is 0 Å². The lowest BCUT2D eigenvalue weighted by Crippen LogP contribution is -1.98. The molecule has 4 nitrogen and oxygen atoms in total. The molecule has 0 radical (unpaired) electrons. The Bertz CT molecular complexity index is 154. The Morgan fingerprint density at radius 2 is 2.20 bits per heavy atom. The molecule has 56 valence electrons. The second-order valence-corrected chi connectivity index (χ2v) is 1.76. The fourth-order valence-corrected chi connectivity index (χ4v) is 0.252. The lowest BCUT2D eigenvalue weighted by molar-refractivity contribution is 0.239. The molecule has 0 bridgehead atoms. The van der Waals surface area contributed by atoms with Crippen LogP contribution in [0.2, 0.25) is 0 Å². The van der Waals surface area contributed by atoms with E-state index in [-0.39, 0.29) is 0 Å². The van der Waals surface area contributed by atoms with Gasteiger partial charge in [0.1, 0.15) is 6.61 Å². The Morgan fingerprint density at radius 3 is 2.70 bits per heavy atom. The van der Waals surface area contributed by atoms with E-state index in [0.717, 1.165) is 0 Å². The van der Waals surface area contributed by atoms with E-state index >= 15 is 0 Å². The molecule has 0 aliphatic rings. The fraction of sp³-hybridized carbons (Fsp3) is 0.667. The molecule has 0 saturated heterocycles. The first-order valence-electron chi connectivity index (χ1n) is 2.82. The quantitative estimate of drug-likeness (QED) is 0.319. The zero-order valence-corrected chi connectivity index (χ0v) is 6.46. The standard InChI is InChI=1S/C6H11N3O/c1-9(2)8-7-5-4-6-10-3/h6H2,1-3H3. The smallest absolute Gasteiger partial charge is 0.109 e. The van der Waals surface area contributed by atoms with Crippen LogP contribution in [0, 0.1) is 12.0 Å². The molecule has 0 rings (SSSR count). The molecule has 0 aromatic heterocycles. The van der Waals surface area contributed by atoms with E-state index in [4.69, 9.17) is 0 Å². The number of ether oxygens (including phenoxy) is 1. The van der Waals surface area contributed by atoms with Gasteiger partial charge in [0.2, 0.25) is 0 Å². The van der Waals surface area contributed by atoms with Gasteiger partial charge in [-0.15, -0.1) is 0 Å². The van der Waals surface area contributed by atoms with Gasteiger partial charge < -0.3 is 4.74 Å². The van der Waals surface area contributed by atoms with E-state index in [2.05, 4.69) is 27.0 Å². The Kier molecular flexibility index (Phi) is 5.39. The van der Waals surface area contributed by atoms with Crippen LogP contribution in [0.5, 0.6) is 0 Å². The molecule has 0 heterocycles. The first-order chi connectivity index (χ1) is 4.77. The van der Waals surface area contributed by atoms with Crippen LogP contribution in [-0.2, 0) is 4.74 Å². The van der Waals surface area contributed by atoms with Crippen molar-refractivity contribution in [2.75, 3.05) is 27.8 Å². The summed E-state index contributed by atoms with van der Waals surface area (Å²) >= 11 is 0. The molecule has 0 aliphatic carbocycles.